The second-order valence-electron chi connectivity index (χ2n) is 13.4. The van der Waals surface area contributed by atoms with Crippen molar-refractivity contribution in [2.24, 2.45) is 0 Å². The molecule has 4 nitrogen and oxygen atoms in total. The van der Waals surface area contributed by atoms with Crippen molar-refractivity contribution in [2.75, 3.05) is 0 Å². The number of rotatable bonds is 5. The third-order valence-corrected chi connectivity index (χ3v) is 10.4. The van der Waals surface area contributed by atoms with Crippen molar-refractivity contribution in [3.05, 3.63) is 163 Å². The fourth-order valence-electron chi connectivity index (χ4n) is 7.98. The number of nitrogens with zero attached hydrogens (tertiary/aromatic N) is 4. The number of hydrogen-bond acceptors (Lipinski definition) is 3. The molecule has 0 amide bonds. The second-order valence-corrected chi connectivity index (χ2v) is 13.4. The smallest absolute Gasteiger partial charge is 0.164 e. The Labute approximate surface area is 291 Å². The Hall–Kier alpha value is -6.13. The molecule has 0 fully saturated rings. The molecule has 7 aromatic rings. The summed E-state index contributed by atoms with van der Waals surface area (Å²) in [5, 5.41) is 2.59. The number of benzene rings is 5. The molecule has 5 aromatic carbocycles. The monoisotopic (exact) mass is 642 g/mol. The molecule has 0 N–H and O–H groups in total. The standard InChI is InChI=1S/C46H34N4/c1-4-13-30(14-5-1)44-47-45(31-15-6-2-7-16-31)49-46(48-44)39-21-12-17-34-28-35-27-32(23-25-37(35)43(34)39)33-24-26-42-40(29-33)38-20-10-11-22-41(38)50(42)36-18-8-3-9-19-36/h1,3-6,8,10-18,20-27,29H,2,7,9,19,28H2. The highest BCUT2D eigenvalue weighted by molar-refractivity contribution is 6.11. The SMILES string of the molecule is C1=CCCC(n2c3ccccc3c3cc(-c4ccc5c(c4)Cc4cccc(-c6nc(C7=CCCC=C7)nc(-c7ccccc7)n6)c4-5)ccc32)=C1. The van der Waals surface area contributed by atoms with Gasteiger partial charge in [-0.2, -0.15) is 0 Å². The minimum Gasteiger partial charge on any atom is -0.313 e. The lowest BCUT2D eigenvalue weighted by molar-refractivity contribution is 0.979. The van der Waals surface area contributed by atoms with E-state index < -0.39 is 0 Å². The largest absolute Gasteiger partial charge is 0.313 e. The zero-order valence-electron chi connectivity index (χ0n) is 27.7. The van der Waals surface area contributed by atoms with Crippen LogP contribution in [0.4, 0.5) is 0 Å². The van der Waals surface area contributed by atoms with Crippen molar-refractivity contribution in [1.82, 2.24) is 19.5 Å². The molecular formula is C46H34N4. The van der Waals surface area contributed by atoms with Crippen molar-refractivity contribution in [2.45, 2.75) is 32.1 Å². The van der Waals surface area contributed by atoms with Gasteiger partial charge in [-0.05, 0) is 89.8 Å². The van der Waals surface area contributed by atoms with Crippen molar-refractivity contribution in [3.63, 3.8) is 0 Å². The van der Waals surface area contributed by atoms with E-state index in [1.54, 1.807) is 0 Å². The first kappa shape index (κ1) is 28.8. The van der Waals surface area contributed by atoms with Gasteiger partial charge in [0.15, 0.2) is 17.5 Å². The summed E-state index contributed by atoms with van der Waals surface area (Å²) in [5.74, 6) is 2.14. The van der Waals surface area contributed by atoms with Crippen LogP contribution in [0.5, 0.6) is 0 Å². The summed E-state index contributed by atoms with van der Waals surface area (Å²) >= 11 is 0. The highest BCUT2D eigenvalue weighted by Crippen LogP contribution is 2.44. The van der Waals surface area contributed by atoms with E-state index in [1.807, 2.05) is 18.2 Å². The lowest BCUT2D eigenvalue weighted by Gasteiger charge is -2.14. The van der Waals surface area contributed by atoms with E-state index in [0.29, 0.717) is 11.6 Å². The molecule has 3 aliphatic carbocycles. The molecule has 0 unspecified atom stereocenters. The van der Waals surface area contributed by atoms with E-state index in [0.717, 1.165) is 54.6 Å². The Bertz CT molecular complexity index is 2620. The number of allylic oxidation sites excluding steroid dienone is 8. The highest BCUT2D eigenvalue weighted by Gasteiger charge is 2.25. The lowest BCUT2D eigenvalue weighted by Crippen LogP contribution is -2.03. The molecule has 4 heteroatoms. The van der Waals surface area contributed by atoms with Gasteiger partial charge in [0.05, 0.1) is 11.0 Å². The van der Waals surface area contributed by atoms with Crippen LogP contribution in [0.1, 0.15) is 42.6 Å². The van der Waals surface area contributed by atoms with Crippen LogP contribution in [0.3, 0.4) is 0 Å². The van der Waals surface area contributed by atoms with Crippen LogP contribution >= 0.6 is 0 Å². The van der Waals surface area contributed by atoms with Crippen LogP contribution in [-0.2, 0) is 6.42 Å². The minimum atomic E-state index is 0.699. The Kier molecular flexibility index (Phi) is 6.80. The van der Waals surface area contributed by atoms with E-state index in [2.05, 4.69) is 132 Å². The predicted molar refractivity (Wildman–Crippen MR) is 206 cm³/mol. The number of hydrogen-bond donors (Lipinski definition) is 0. The topological polar surface area (TPSA) is 43.6 Å². The molecule has 2 heterocycles. The highest BCUT2D eigenvalue weighted by atomic mass is 15.0. The predicted octanol–water partition coefficient (Wildman–Crippen LogP) is 11.5. The number of fused-ring (bicyclic) bond motifs is 6. The fraction of sp³-hybridized carbons (Fsp3) is 0.109. The summed E-state index contributed by atoms with van der Waals surface area (Å²) in [5.41, 5.74) is 14.6. The van der Waals surface area contributed by atoms with Gasteiger partial charge >= 0.3 is 0 Å². The molecule has 0 saturated heterocycles. The van der Waals surface area contributed by atoms with E-state index in [-0.39, 0.29) is 0 Å². The molecule has 0 bridgehead atoms. The van der Waals surface area contributed by atoms with E-state index >= 15 is 0 Å². The third-order valence-electron chi connectivity index (χ3n) is 10.4. The van der Waals surface area contributed by atoms with Gasteiger partial charge in [-0.3, -0.25) is 0 Å². The molecule has 10 rings (SSSR count). The Balaban J connectivity index is 1.07. The van der Waals surface area contributed by atoms with Gasteiger partial charge in [0.2, 0.25) is 0 Å². The molecule has 2 aromatic heterocycles. The first-order valence-corrected chi connectivity index (χ1v) is 17.6. The van der Waals surface area contributed by atoms with Crippen LogP contribution in [0.15, 0.2) is 146 Å². The molecule has 0 saturated carbocycles. The summed E-state index contributed by atoms with van der Waals surface area (Å²) in [7, 11) is 0. The summed E-state index contributed by atoms with van der Waals surface area (Å²) in [4.78, 5) is 15.2. The number of para-hydroxylation sites is 1. The zero-order chi connectivity index (χ0) is 33.0. The second kappa shape index (κ2) is 11.8. The van der Waals surface area contributed by atoms with Crippen LogP contribution in [0, 0.1) is 0 Å². The van der Waals surface area contributed by atoms with Crippen molar-refractivity contribution in [3.8, 4) is 45.0 Å². The van der Waals surface area contributed by atoms with E-state index in [9.17, 15) is 0 Å². The van der Waals surface area contributed by atoms with Gasteiger partial charge < -0.3 is 4.57 Å². The summed E-state index contributed by atoms with van der Waals surface area (Å²) < 4.78 is 2.45. The van der Waals surface area contributed by atoms with Crippen molar-refractivity contribution in [1.29, 1.82) is 0 Å². The molecule has 0 atom stereocenters. The number of aromatic nitrogens is 4. The molecule has 3 aliphatic rings. The molecule has 238 valence electrons. The Morgan fingerprint density at radius 3 is 2.24 bits per heavy atom. The Morgan fingerprint density at radius 2 is 1.36 bits per heavy atom. The molecule has 50 heavy (non-hydrogen) atoms. The van der Waals surface area contributed by atoms with Crippen LogP contribution in [0.25, 0.3) is 78.1 Å². The summed E-state index contributed by atoms with van der Waals surface area (Å²) in [6.45, 7) is 0. The first-order valence-electron chi connectivity index (χ1n) is 17.6. The average Bonchev–Trinajstić information content (AvgIpc) is 3.74. The fourth-order valence-corrected chi connectivity index (χ4v) is 7.98. The maximum Gasteiger partial charge on any atom is 0.164 e. The normalized spacial score (nSPS) is 14.9. The molecule has 0 aliphatic heterocycles. The van der Waals surface area contributed by atoms with Gasteiger partial charge in [-0.25, -0.2) is 15.0 Å². The van der Waals surface area contributed by atoms with Crippen molar-refractivity contribution < 1.29 is 0 Å². The lowest BCUT2D eigenvalue weighted by atomic mass is 9.96. The van der Waals surface area contributed by atoms with Crippen molar-refractivity contribution >= 4 is 33.1 Å². The van der Waals surface area contributed by atoms with Gasteiger partial charge in [0.1, 0.15) is 0 Å². The zero-order valence-corrected chi connectivity index (χ0v) is 27.7. The third kappa shape index (κ3) is 4.79. The average molecular weight is 643 g/mol. The Morgan fingerprint density at radius 1 is 0.540 bits per heavy atom. The molecular weight excluding hydrogens is 609 g/mol. The van der Waals surface area contributed by atoms with E-state index in [4.69, 9.17) is 15.0 Å². The molecule has 0 spiro atoms. The van der Waals surface area contributed by atoms with Gasteiger partial charge in [-0.1, -0.05) is 121 Å². The van der Waals surface area contributed by atoms with Gasteiger partial charge in [-0.15, -0.1) is 0 Å². The summed E-state index contributed by atoms with van der Waals surface area (Å²) in [6, 6.07) is 39.6. The maximum atomic E-state index is 5.11. The van der Waals surface area contributed by atoms with Gasteiger partial charge in [0.25, 0.3) is 0 Å². The first-order chi connectivity index (χ1) is 24.8. The van der Waals surface area contributed by atoms with E-state index in [1.165, 1.54) is 60.9 Å². The molecule has 0 radical (unpaired) electrons. The summed E-state index contributed by atoms with van der Waals surface area (Å²) in [6.07, 6.45) is 18.3. The quantitative estimate of drug-likeness (QED) is 0.188. The van der Waals surface area contributed by atoms with Crippen LogP contribution in [0.2, 0.25) is 0 Å². The maximum absolute atomic E-state index is 5.11. The van der Waals surface area contributed by atoms with Crippen LogP contribution in [-0.4, -0.2) is 19.5 Å². The van der Waals surface area contributed by atoms with Crippen LogP contribution < -0.4 is 0 Å². The van der Waals surface area contributed by atoms with Gasteiger partial charge in [0, 0.05) is 33.2 Å². The minimum absolute atomic E-state index is 0.699.